The van der Waals surface area contributed by atoms with Crippen molar-refractivity contribution in [1.82, 2.24) is 0 Å². The van der Waals surface area contributed by atoms with Crippen molar-refractivity contribution in [3.63, 3.8) is 0 Å². The average Bonchev–Trinajstić information content (AvgIpc) is 2.38. The monoisotopic (exact) mass is 233 g/mol. The van der Waals surface area contributed by atoms with E-state index in [1.165, 1.54) is 12.1 Å². The third-order valence-corrected chi connectivity index (χ3v) is 2.21. The van der Waals surface area contributed by atoms with Gasteiger partial charge in [0.25, 0.3) is 0 Å². The Morgan fingerprint density at radius 1 is 1.59 bits per heavy atom. The molecule has 0 spiro atoms. The summed E-state index contributed by atoms with van der Waals surface area (Å²) in [5, 5.41) is 5.06. The third-order valence-electron chi connectivity index (χ3n) is 2.21. The lowest BCUT2D eigenvalue weighted by atomic mass is 10.2. The zero-order valence-electron chi connectivity index (χ0n) is 9.72. The Hall–Kier alpha value is -2.14. The van der Waals surface area contributed by atoms with Crippen molar-refractivity contribution in [2.75, 3.05) is 12.1 Å². The van der Waals surface area contributed by atoms with E-state index in [-0.39, 0.29) is 5.70 Å². The van der Waals surface area contributed by atoms with Crippen molar-refractivity contribution in [3.05, 3.63) is 42.1 Å². The second-order valence-corrected chi connectivity index (χ2v) is 3.27. The minimum atomic E-state index is -0.560. The molecule has 17 heavy (non-hydrogen) atoms. The first kappa shape index (κ1) is 12.9. The zero-order valence-corrected chi connectivity index (χ0v) is 9.72. The van der Waals surface area contributed by atoms with Crippen molar-refractivity contribution in [3.8, 4) is 0 Å². The predicted molar refractivity (Wildman–Crippen MR) is 67.5 cm³/mol. The van der Waals surface area contributed by atoms with Crippen LogP contribution in [0.4, 0.5) is 5.69 Å². The number of methoxy groups -OCH3 is 1. The lowest BCUT2D eigenvalue weighted by molar-refractivity contribution is -0.136. The van der Waals surface area contributed by atoms with Gasteiger partial charge in [-0.3, -0.25) is 0 Å². The van der Waals surface area contributed by atoms with E-state index in [4.69, 9.17) is 5.73 Å². The largest absolute Gasteiger partial charge is 0.464 e. The topological polar surface area (TPSA) is 67.9 Å². The van der Waals surface area contributed by atoms with Gasteiger partial charge in [-0.15, -0.1) is 0 Å². The highest BCUT2D eigenvalue weighted by Crippen LogP contribution is 2.20. The summed E-state index contributed by atoms with van der Waals surface area (Å²) in [6.07, 6.45) is 0. The number of carbonyl (C=O) groups is 1. The van der Waals surface area contributed by atoms with E-state index >= 15 is 0 Å². The maximum Gasteiger partial charge on any atom is 0.356 e. The van der Waals surface area contributed by atoms with Gasteiger partial charge in [0.2, 0.25) is 0 Å². The van der Waals surface area contributed by atoms with Crippen molar-refractivity contribution in [1.29, 1.82) is 0 Å². The molecular formula is C12H15N3O2. The summed E-state index contributed by atoms with van der Waals surface area (Å²) in [5.74, 6) is -0.560. The molecule has 0 amide bonds. The average molecular weight is 233 g/mol. The van der Waals surface area contributed by atoms with Crippen molar-refractivity contribution in [2.45, 2.75) is 6.54 Å². The lowest BCUT2D eigenvalue weighted by Crippen LogP contribution is -2.22. The number of hydrogen-bond acceptors (Lipinski definition) is 5. The molecule has 0 heterocycles. The van der Waals surface area contributed by atoms with Gasteiger partial charge in [-0.25, -0.2) is 9.80 Å². The number of anilines is 1. The number of rotatable bonds is 5. The fourth-order valence-corrected chi connectivity index (χ4v) is 1.34. The van der Waals surface area contributed by atoms with Gasteiger partial charge < -0.3 is 10.5 Å². The number of esters is 1. The molecule has 2 N–H and O–H groups in total. The van der Waals surface area contributed by atoms with Gasteiger partial charge in [-0.1, -0.05) is 18.7 Å². The van der Waals surface area contributed by atoms with Crippen LogP contribution in [0.1, 0.15) is 5.56 Å². The van der Waals surface area contributed by atoms with E-state index in [2.05, 4.69) is 23.1 Å². The van der Waals surface area contributed by atoms with E-state index in [9.17, 15) is 4.79 Å². The van der Waals surface area contributed by atoms with E-state index in [1.54, 1.807) is 6.07 Å². The normalized spacial score (nSPS) is 9.53. The first-order chi connectivity index (χ1) is 8.13. The quantitative estimate of drug-likeness (QED) is 0.360. The highest BCUT2D eigenvalue weighted by molar-refractivity contribution is 5.91. The molecule has 0 saturated heterocycles. The third kappa shape index (κ3) is 2.92. The molecule has 90 valence electrons. The van der Waals surface area contributed by atoms with Gasteiger partial charge in [0.1, 0.15) is 5.70 Å². The first-order valence-electron chi connectivity index (χ1n) is 4.97. The number of nitrogens with zero attached hydrogens (tertiary/aromatic N) is 2. The Morgan fingerprint density at radius 3 is 2.82 bits per heavy atom. The van der Waals surface area contributed by atoms with Crippen LogP contribution in [0.25, 0.3) is 0 Å². The maximum absolute atomic E-state index is 11.4. The Labute approximate surface area is 100 Å². The second-order valence-electron chi connectivity index (χ2n) is 3.27. The molecule has 0 fully saturated rings. The number of ether oxygens (including phenoxy) is 1. The van der Waals surface area contributed by atoms with Crippen LogP contribution >= 0.6 is 0 Å². The van der Waals surface area contributed by atoms with Gasteiger partial charge in [-0.05, 0) is 17.7 Å². The first-order valence-corrected chi connectivity index (χ1v) is 4.97. The molecule has 0 atom stereocenters. The van der Waals surface area contributed by atoms with E-state index in [0.717, 1.165) is 5.56 Å². The minimum absolute atomic E-state index is 0.0941. The van der Waals surface area contributed by atoms with E-state index < -0.39 is 5.97 Å². The van der Waals surface area contributed by atoms with Crippen LogP contribution in [0.2, 0.25) is 0 Å². The Balaban J connectivity index is 3.05. The molecule has 1 rings (SSSR count). The molecular weight excluding hydrogens is 218 g/mol. The Bertz CT molecular complexity index is 443. The Morgan fingerprint density at radius 2 is 2.29 bits per heavy atom. The molecule has 0 aromatic heterocycles. The minimum Gasteiger partial charge on any atom is -0.464 e. The highest BCUT2D eigenvalue weighted by atomic mass is 16.5. The number of benzene rings is 1. The maximum atomic E-state index is 11.4. The fourth-order valence-electron chi connectivity index (χ4n) is 1.34. The summed E-state index contributed by atoms with van der Waals surface area (Å²) in [5.41, 5.74) is 7.23. The molecule has 1 aromatic carbocycles. The number of carbonyl (C=O) groups excluding carboxylic acids is 1. The van der Waals surface area contributed by atoms with Crippen molar-refractivity contribution < 1.29 is 9.53 Å². The summed E-state index contributed by atoms with van der Waals surface area (Å²) >= 11 is 0. The highest BCUT2D eigenvalue weighted by Gasteiger charge is 2.16. The van der Waals surface area contributed by atoms with Crippen LogP contribution < -0.4 is 10.7 Å². The van der Waals surface area contributed by atoms with E-state index in [0.29, 0.717) is 12.2 Å². The molecule has 0 aliphatic heterocycles. The summed E-state index contributed by atoms with van der Waals surface area (Å²) in [4.78, 5) is 11.4. The molecule has 1 aromatic rings. The van der Waals surface area contributed by atoms with E-state index in [1.807, 2.05) is 18.2 Å². The Kier molecular flexibility index (Phi) is 4.42. The van der Waals surface area contributed by atoms with Crippen LogP contribution in [0.5, 0.6) is 0 Å². The van der Waals surface area contributed by atoms with Crippen LogP contribution in [-0.4, -0.2) is 19.8 Å². The molecule has 0 saturated carbocycles. The molecule has 0 aliphatic carbocycles. The molecule has 0 bridgehead atoms. The smallest absolute Gasteiger partial charge is 0.356 e. The second kappa shape index (κ2) is 5.81. The van der Waals surface area contributed by atoms with Crippen LogP contribution in [0.3, 0.4) is 0 Å². The van der Waals surface area contributed by atoms with Gasteiger partial charge >= 0.3 is 5.97 Å². The van der Waals surface area contributed by atoms with Crippen LogP contribution in [-0.2, 0) is 16.1 Å². The summed E-state index contributed by atoms with van der Waals surface area (Å²) < 4.78 is 4.58. The van der Waals surface area contributed by atoms with Gasteiger partial charge in [0.05, 0.1) is 12.8 Å². The van der Waals surface area contributed by atoms with Crippen LogP contribution in [0.15, 0.2) is 41.6 Å². The summed E-state index contributed by atoms with van der Waals surface area (Å²) in [6, 6.07) is 7.29. The van der Waals surface area contributed by atoms with Gasteiger partial charge in [-0.2, -0.15) is 5.10 Å². The number of nitrogens with two attached hydrogens (primary N) is 1. The van der Waals surface area contributed by atoms with Crippen molar-refractivity contribution in [2.24, 2.45) is 10.8 Å². The summed E-state index contributed by atoms with van der Waals surface area (Å²) in [6.45, 7) is 7.43. The van der Waals surface area contributed by atoms with Gasteiger partial charge in [0.15, 0.2) is 0 Å². The zero-order chi connectivity index (χ0) is 12.8. The molecule has 0 aliphatic rings. The predicted octanol–water partition coefficient (Wildman–Crippen LogP) is 1.25. The SMILES string of the molecule is C=NN(C(=C)C(=O)OC)c1cccc(CN)c1. The summed E-state index contributed by atoms with van der Waals surface area (Å²) in [7, 11) is 1.28. The number of hydrazone groups is 1. The van der Waals surface area contributed by atoms with Gasteiger partial charge in [0, 0.05) is 13.3 Å². The lowest BCUT2D eigenvalue weighted by Gasteiger charge is -2.19. The van der Waals surface area contributed by atoms with Crippen molar-refractivity contribution >= 4 is 18.4 Å². The fraction of sp³-hybridized carbons (Fsp3) is 0.167. The standard InChI is InChI=1S/C12H15N3O2/c1-9(12(16)17-3)15(14-2)11-6-4-5-10(7-11)8-13/h4-7H,1-2,8,13H2,3H3. The molecule has 0 unspecified atom stereocenters. The van der Waals surface area contributed by atoms with Crippen LogP contribution in [0, 0.1) is 0 Å². The molecule has 0 radical (unpaired) electrons. The molecule has 5 nitrogen and oxygen atoms in total. The number of hydrogen-bond donors (Lipinski definition) is 1. The molecule has 5 heteroatoms.